The largest absolute Gasteiger partial charge is 0.466 e. The number of hydrogen-bond donors (Lipinski definition) is 0. The van der Waals surface area contributed by atoms with E-state index >= 15 is 0 Å². The predicted molar refractivity (Wildman–Crippen MR) is 122 cm³/mol. The van der Waals surface area contributed by atoms with Gasteiger partial charge < -0.3 is 9.47 Å². The van der Waals surface area contributed by atoms with Crippen LogP contribution in [0.1, 0.15) is 115 Å². The Balaban J connectivity index is 2.01. The van der Waals surface area contributed by atoms with Gasteiger partial charge in [-0.15, -0.1) is 0 Å². The molecule has 6 heteroatoms. The molecule has 0 heterocycles. The summed E-state index contributed by atoms with van der Waals surface area (Å²) >= 11 is 0. The van der Waals surface area contributed by atoms with Gasteiger partial charge in [-0.3, -0.25) is 9.59 Å². The van der Waals surface area contributed by atoms with Gasteiger partial charge in [0.25, 0.3) is 0 Å². The van der Waals surface area contributed by atoms with Crippen LogP contribution in [0, 0.1) is 11.6 Å². The Morgan fingerprint density at radius 2 is 1.25 bits per heavy atom. The Morgan fingerprint density at radius 3 is 1.78 bits per heavy atom. The van der Waals surface area contributed by atoms with Crippen LogP contribution in [0.5, 0.6) is 0 Å². The molecule has 0 saturated heterocycles. The van der Waals surface area contributed by atoms with Crippen molar-refractivity contribution >= 4 is 11.9 Å². The van der Waals surface area contributed by atoms with Gasteiger partial charge in [-0.2, -0.15) is 0 Å². The highest BCUT2D eigenvalue weighted by molar-refractivity contribution is 5.77. The number of carbonyl (C=O) groups excluding carboxylic acids is 2. The molecule has 0 aromatic heterocycles. The quantitative estimate of drug-likeness (QED) is 0.169. The van der Waals surface area contributed by atoms with Gasteiger partial charge in [0, 0.05) is 0 Å². The second kappa shape index (κ2) is 17.6. The molecule has 32 heavy (non-hydrogen) atoms. The normalized spacial score (nSPS) is 11.9. The maximum absolute atomic E-state index is 13.7. The highest BCUT2D eigenvalue weighted by Crippen LogP contribution is 2.24. The molecule has 0 radical (unpaired) electrons. The summed E-state index contributed by atoms with van der Waals surface area (Å²) < 4.78 is 37.6. The molecule has 0 saturated carbocycles. The zero-order valence-corrected chi connectivity index (χ0v) is 19.8. The number of esters is 2. The van der Waals surface area contributed by atoms with Crippen molar-refractivity contribution in [3.8, 4) is 0 Å². The maximum atomic E-state index is 13.7. The number of unbranched alkanes of at least 4 members (excludes halogenated alkanes) is 11. The smallest absolute Gasteiger partial charge is 0.306 e. The molecule has 0 amide bonds. The summed E-state index contributed by atoms with van der Waals surface area (Å²) in [6.07, 6.45) is 13.5. The van der Waals surface area contributed by atoms with Crippen LogP contribution >= 0.6 is 0 Å². The van der Waals surface area contributed by atoms with Gasteiger partial charge in [0.15, 0.2) is 0 Å². The summed E-state index contributed by atoms with van der Waals surface area (Å²) in [5.74, 6) is -2.70. The Morgan fingerprint density at radius 1 is 0.781 bits per heavy atom. The van der Waals surface area contributed by atoms with Crippen LogP contribution in [0.2, 0.25) is 0 Å². The van der Waals surface area contributed by atoms with Crippen molar-refractivity contribution in [2.45, 2.75) is 110 Å². The van der Waals surface area contributed by atoms with Crippen molar-refractivity contribution in [1.29, 1.82) is 0 Å². The summed E-state index contributed by atoms with van der Waals surface area (Å²) in [6, 6.07) is 3.46. The second-order valence-electron chi connectivity index (χ2n) is 8.38. The average molecular weight is 455 g/mol. The molecule has 0 spiro atoms. The van der Waals surface area contributed by atoms with Gasteiger partial charge in [-0.25, -0.2) is 8.78 Å². The number of hydrogen-bond acceptors (Lipinski definition) is 4. The lowest BCUT2D eigenvalue weighted by Crippen LogP contribution is -2.14. The lowest BCUT2D eigenvalue weighted by molar-refractivity contribution is -0.153. The first-order chi connectivity index (χ1) is 15.5. The maximum Gasteiger partial charge on any atom is 0.306 e. The third-order valence-electron chi connectivity index (χ3n) is 5.51. The minimum atomic E-state index is -1.07. The van der Waals surface area contributed by atoms with E-state index in [1.807, 2.05) is 0 Å². The average Bonchev–Trinajstić information content (AvgIpc) is 2.75. The van der Waals surface area contributed by atoms with Crippen LogP contribution in [-0.4, -0.2) is 18.5 Å². The van der Waals surface area contributed by atoms with Crippen molar-refractivity contribution in [3.05, 3.63) is 35.4 Å². The highest BCUT2D eigenvalue weighted by atomic mass is 19.1. The minimum Gasteiger partial charge on any atom is -0.466 e. The number of rotatable bonds is 18. The standard InChI is InChI=1S/C26H40F2O4/c1-3-4-5-6-7-8-9-10-11-12-13-14-20-31-24(29)18-19-25(30)32-21(2)26-22(27)16-15-17-23(26)28/h15-17,21H,3-14,18-20H2,1-2H3. The van der Waals surface area contributed by atoms with Crippen LogP contribution in [0.15, 0.2) is 18.2 Å². The van der Waals surface area contributed by atoms with Crippen LogP contribution in [0.25, 0.3) is 0 Å². The van der Waals surface area contributed by atoms with Crippen molar-refractivity contribution in [3.63, 3.8) is 0 Å². The zero-order valence-electron chi connectivity index (χ0n) is 19.8. The molecule has 1 rings (SSSR count). The molecule has 0 aliphatic heterocycles. The van der Waals surface area contributed by atoms with Gasteiger partial charge in [0.05, 0.1) is 25.0 Å². The molecule has 0 aliphatic carbocycles. The fraction of sp³-hybridized carbons (Fsp3) is 0.692. The van der Waals surface area contributed by atoms with Crippen LogP contribution in [-0.2, 0) is 19.1 Å². The molecule has 1 unspecified atom stereocenters. The van der Waals surface area contributed by atoms with Crippen LogP contribution < -0.4 is 0 Å². The molecular weight excluding hydrogens is 414 g/mol. The lowest BCUT2D eigenvalue weighted by Gasteiger charge is -2.15. The van der Waals surface area contributed by atoms with E-state index in [0.717, 1.165) is 31.4 Å². The fourth-order valence-electron chi connectivity index (χ4n) is 3.62. The van der Waals surface area contributed by atoms with Crippen LogP contribution in [0.4, 0.5) is 8.78 Å². The van der Waals surface area contributed by atoms with Gasteiger partial charge in [-0.1, -0.05) is 83.6 Å². The molecular formula is C26H40F2O4. The molecule has 0 bridgehead atoms. The van der Waals surface area contributed by atoms with E-state index in [4.69, 9.17) is 9.47 Å². The summed E-state index contributed by atoms with van der Waals surface area (Å²) in [5.41, 5.74) is -0.296. The number of benzene rings is 1. The Labute approximate surface area is 192 Å². The second-order valence-corrected chi connectivity index (χ2v) is 8.38. The molecule has 0 aliphatic rings. The number of ether oxygens (including phenoxy) is 2. The lowest BCUT2D eigenvalue weighted by atomic mass is 10.1. The van der Waals surface area contributed by atoms with E-state index in [-0.39, 0.29) is 18.4 Å². The first-order valence-electron chi connectivity index (χ1n) is 12.2. The molecule has 0 fully saturated rings. The molecule has 1 aromatic rings. The topological polar surface area (TPSA) is 52.6 Å². The Hall–Kier alpha value is -1.98. The molecule has 182 valence electrons. The first kappa shape index (κ1) is 28.1. The minimum absolute atomic E-state index is 0.108. The van der Waals surface area contributed by atoms with Crippen molar-refractivity contribution in [1.82, 2.24) is 0 Å². The first-order valence-corrected chi connectivity index (χ1v) is 12.2. The predicted octanol–water partition coefficient (Wildman–Crippen LogP) is 7.59. The highest BCUT2D eigenvalue weighted by Gasteiger charge is 2.20. The summed E-state index contributed by atoms with van der Waals surface area (Å²) in [7, 11) is 0. The Kier molecular flexibility index (Phi) is 15.4. The van der Waals surface area contributed by atoms with E-state index in [1.54, 1.807) is 0 Å². The van der Waals surface area contributed by atoms with Crippen molar-refractivity contribution in [2.24, 2.45) is 0 Å². The summed E-state index contributed by atoms with van der Waals surface area (Å²) in [5, 5.41) is 0. The monoisotopic (exact) mass is 454 g/mol. The van der Waals surface area contributed by atoms with Gasteiger partial charge in [-0.05, 0) is 25.5 Å². The summed E-state index contributed by atoms with van der Waals surface area (Å²) in [4.78, 5) is 23.6. The van der Waals surface area contributed by atoms with Gasteiger partial charge >= 0.3 is 11.9 Å². The van der Waals surface area contributed by atoms with Crippen molar-refractivity contribution < 1.29 is 27.8 Å². The number of carbonyl (C=O) groups is 2. The van der Waals surface area contributed by atoms with E-state index < -0.39 is 29.7 Å². The third-order valence-corrected chi connectivity index (χ3v) is 5.51. The van der Waals surface area contributed by atoms with Gasteiger partial charge in [0.2, 0.25) is 0 Å². The fourth-order valence-corrected chi connectivity index (χ4v) is 3.62. The molecule has 1 atom stereocenters. The number of halogens is 2. The molecule has 1 aromatic carbocycles. The van der Waals surface area contributed by atoms with E-state index in [2.05, 4.69) is 6.92 Å². The van der Waals surface area contributed by atoms with Crippen molar-refractivity contribution in [2.75, 3.05) is 6.61 Å². The zero-order chi connectivity index (χ0) is 23.6. The van der Waals surface area contributed by atoms with Gasteiger partial charge in [0.1, 0.15) is 17.7 Å². The summed E-state index contributed by atoms with van der Waals surface area (Å²) in [6.45, 7) is 3.98. The van der Waals surface area contributed by atoms with E-state index in [9.17, 15) is 18.4 Å². The Bertz CT molecular complexity index is 643. The third kappa shape index (κ3) is 12.8. The molecule has 4 nitrogen and oxygen atoms in total. The van der Waals surface area contributed by atoms with E-state index in [1.165, 1.54) is 70.8 Å². The van der Waals surface area contributed by atoms with Crippen LogP contribution in [0.3, 0.4) is 0 Å². The SMILES string of the molecule is CCCCCCCCCCCCCCOC(=O)CCC(=O)OC(C)c1c(F)cccc1F. The molecule has 0 N–H and O–H groups in total. The van der Waals surface area contributed by atoms with E-state index in [0.29, 0.717) is 6.61 Å².